The van der Waals surface area contributed by atoms with Gasteiger partial charge in [0, 0.05) is 23.5 Å². The first-order valence-electron chi connectivity index (χ1n) is 9.83. The summed E-state index contributed by atoms with van der Waals surface area (Å²) in [5.41, 5.74) is 2.32. The number of ketones is 1. The van der Waals surface area contributed by atoms with Crippen molar-refractivity contribution in [2.45, 2.75) is 31.8 Å². The molecular formula is C23H24N2O6S. The number of carbonyl (C=O) groups is 2. The number of sulfonamides is 1. The molecule has 0 atom stereocenters. The summed E-state index contributed by atoms with van der Waals surface area (Å²) in [5.74, 6) is -0.558. The number of allylic oxidation sites excluding steroid dienone is 1. The molecule has 0 radical (unpaired) electrons. The minimum Gasteiger partial charge on any atom is -0.468 e. The van der Waals surface area contributed by atoms with Crippen molar-refractivity contribution in [2.24, 2.45) is 0 Å². The summed E-state index contributed by atoms with van der Waals surface area (Å²) in [6, 6.07) is 10.3. The van der Waals surface area contributed by atoms with Gasteiger partial charge in [-0.3, -0.25) is 4.79 Å². The summed E-state index contributed by atoms with van der Waals surface area (Å²) in [5, 5.41) is 0. The maximum Gasteiger partial charge on any atom is 0.338 e. The van der Waals surface area contributed by atoms with Gasteiger partial charge in [0.05, 0.1) is 23.3 Å². The predicted octanol–water partition coefficient (Wildman–Crippen LogP) is 3.40. The average molecular weight is 457 g/mol. The monoisotopic (exact) mass is 456 g/mol. The van der Waals surface area contributed by atoms with Crippen molar-refractivity contribution in [3.8, 4) is 0 Å². The molecule has 9 heteroatoms. The smallest absolute Gasteiger partial charge is 0.338 e. The molecule has 0 saturated heterocycles. The molecule has 8 nitrogen and oxygen atoms in total. The second kappa shape index (κ2) is 9.80. The van der Waals surface area contributed by atoms with E-state index in [1.807, 2.05) is 18.4 Å². The van der Waals surface area contributed by atoms with E-state index < -0.39 is 22.6 Å². The molecular weight excluding hydrogens is 432 g/mol. The van der Waals surface area contributed by atoms with Gasteiger partial charge in [0.25, 0.3) is 0 Å². The molecule has 0 aliphatic carbocycles. The zero-order valence-corrected chi connectivity index (χ0v) is 18.6. The minimum atomic E-state index is -3.78. The standard InChI is InChI=1S/C23H24N2O6S/c1-4-11-25-16(2)13-21(17(25)3)22(26)15-31-23(27)18-7-9-20(10-8-18)32(28,29)24-14-19-6-5-12-30-19/h4-10,12-13,24H,1,11,14-15H2,2-3H3. The van der Waals surface area contributed by atoms with Crippen molar-refractivity contribution in [2.75, 3.05) is 6.61 Å². The van der Waals surface area contributed by atoms with Gasteiger partial charge < -0.3 is 13.7 Å². The highest BCUT2D eigenvalue weighted by molar-refractivity contribution is 7.89. The molecule has 168 valence electrons. The zero-order valence-electron chi connectivity index (χ0n) is 17.8. The van der Waals surface area contributed by atoms with E-state index in [9.17, 15) is 18.0 Å². The number of nitrogens with one attached hydrogen (secondary N) is 1. The van der Waals surface area contributed by atoms with Gasteiger partial charge in [-0.2, -0.15) is 0 Å². The Balaban J connectivity index is 1.60. The van der Waals surface area contributed by atoms with Crippen LogP contribution in [0.5, 0.6) is 0 Å². The Kier molecular flexibility index (Phi) is 7.12. The average Bonchev–Trinajstić information content (AvgIpc) is 3.40. The lowest BCUT2D eigenvalue weighted by molar-refractivity contribution is 0.0474. The lowest BCUT2D eigenvalue weighted by Gasteiger charge is -2.08. The van der Waals surface area contributed by atoms with Crippen LogP contribution in [0.4, 0.5) is 0 Å². The van der Waals surface area contributed by atoms with Crippen LogP contribution in [0.3, 0.4) is 0 Å². The highest BCUT2D eigenvalue weighted by atomic mass is 32.2. The number of carbonyl (C=O) groups excluding carboxylic acids is 2. The van der Waals surface area contributed by atoms with E-state index >= 15 is 0 Å². The van der Waals surface area contributed by atoms with E-state index in [-0.39, 0.29) is 22.8 Å². The third kappa shape index (κ3) is 5.24. The van der Waals surface area contributed by atoms with Crippen molar-refractivity contribution in [1.82, 2.24) is 9.29 Å². The molecule has 3 aromatic rings. The van der Waals surface area contributed by atoms with Gasteiger partial charge in [-0.05, 0) is 56.3 Å². The molecule has 2 aromatic heterocycles. The number of aryl methyl sites for hydroxylation is 1. The Morgan fingerprint density at radius 1 is 1.19 bits per heavy atom. The van der Waals surface area contributed by atoms with E-state index in [1.165, 1.54) is 30.5 Å². The Bertz CT molecular complexity index is 1220. The number of ether oxygens (including phenoxy) is 1. The van der Waals surface area contributed by atoms with Crippen LogP contribution in [-0.4, -0.2) is 31.3 Å². The van der Waals surface area contributed by atoms with E-state index in [4.69, 9.17) is 9.15 Å². The third-order valence-corrected chi connectivity index (χ3v) is 6.35. The van der Waals surface area contributed by atoms with E-state index in [0.717, 1.165) is 11.4 Å². The predicted molar refractivity (Wildman–Crippen MR) is 118 cm³/mol. The fourth-order valence-electron chi connectivity index (χ4n) is 3.22. The van der Waals surface area contributed by atoms with E-state index in [1.54, 1.807) is 24.3 Å². The lowest BCUT2D eigenvalue weighted by atomic mass is 10.1. The summed E-state index contributed by atoms with van der Waals surface area (Å²) >= 11 is 0. The third-order valence-electron chi connectivity index (χ3n) is 4.94. The molecule has 0 aliphatic rings. The van der Waals surface area contributed by atoms with E-state index in [2.05, 4.69) is 11.3 Å². The Morgan fingerprint density at radius 3 is 2.53 bits per heavy atom. The van der Waals surface area contributed by atoms with Crippen LogP contribution < -0.4 is 4.72 Å². The summed E-state index contributed by atoms with van der Waals surface area (Å²) < 4.78 is 39.3. The molecule has 3 rings (SSSR count). The summed E-state index contributed by atoms with van der Waals surface area (Å²) in [6.07, 6.45) is 3.19. The number of aromatic nitrogens is 1. The fourth-order valence-corrected chi connectivity index (χ4v) is 4.21. The Morgan fingerprint density at radius 2 is 1.91 bits per heavy atom. The summed E-state index contributed by atoms with van der Waals surface area (Å²) in [6.45, 7) is 7.59. The molecule has 2 heterocycles. The van der Waals surface area contributed by atoms with Gasteiger partial charge in [-0.1, -0.05) is 6.08 Å². The first-order chi connectivity index (χ1) is 15.2. The number of Topliss-reactive ketones (excluding diaryl/α,β-unsaturated/α-hetero) is 1. The molecule has 0 bridgehead atoms. The van der Waals surface area contributed by atoms with Crippen LogP contribution in [0.1, 0.15) is 37.9 Å². The van der Waals surface area contributed by atoms with Crippen molar-refractivity contribution >= 4 is 21.8 Å². The van der Waals surface area contributed by atoms with Crippen LogP contribution in [0.15, 0.2) is 70.7 Å². The molecule has 0 saturated carbocycles. The topological polar surface area (TPSA) is 108 Å². The van der Waals surface area contributed by atoms with Crippen molar-refractivity contribution in [1.29, 1.82) is 0 Å². The molecule has 1 aromatic carbocycles. The molecule has 1 N–H and O–H groups in total. The normalized spacial score (nSPS) is 11.3. The minimum absolute atomic E-state index is 0.00802. The van der Waals surface area contributed by atoms with Crippen molar-refractivity contribution < 1.29 is 27.2 Å². The van der Waals surface area contributed by atoms with Crippen LogP contribution in [0.25, 0.3) is 0 Å². The number of benzene rings is 1. The van der Waals surface area contributed by atoms with Gasteiger partial charge in [0.2, 0.25) is 15.8 Å². The van der Waals surface area contributed by atoms with Crippen LogP contribution >= 0.6 is 0 Å². The highest BCUT2D eigenvalue weighted by Crippen LogP contribution is 2.17. The fraction of sp³-hybridized carbons (Fsp3) is 0.217. The van der Waals surface area contributed by atoms with Gasteiger partial charge in [0.1, 0.15) is 5.76 Å². The second-order valence-electron chi connectivity index (χ2n) is 7.11. The van der Waals surface area contributed by atoms with Crippen molar-refractivity contribution in [3.63, 3.8) is 0 Å². The summed E-state index contributed by atoms with van der Waals surface area (Å²) in [4.78, 5) is 24.8. The van der Waals surface area contributed by atoms with E-state index in [0.29, 0.717) is 17.9 Å². The first kappa shape index (κ1) is 23.2. The number of esters is 1. The van der Waals surface area contributed by atoms with Gasteiger partial charge in [-0.25, -0.2) is 17.9 Å². The van der Waals surface area contributed by atoms with Crippen LogP contribution in [0.2, 0.25) is 0 Å². The molecule has 0 spiro atoms. The van der Waals surface area contributed by atoms with Gasteiger partial charge in [-0.15, -0.1) is 6.58 Å². The second-order valence-corrected chi connectivity index (χ2v) is 8.88. The Labute approximate surface area is 186 Å². The highest BCUT2D eigenvalue weighted by Gasteiger charge is 2.19. The number of nitrogens with zero attached hydrogens (tertiary/aromatic N) is 1. The zero-order chi connectivity index (χ0) is 23.3. The summed E-state index contributed by atoms with van der Waals surface area (Å²) in [7, 11) is -3.78. The molecule has 0 amide bonds. The SMILES string of the molecule is C=CCn1c(C)cc(C(=O)COC(=O)c2ccc(S(=O)(=O)NCc3ccco3)cc2)c1C. The van der Waals surface area contributed by atoms with Gasteiger partial charge >= 0.3 is 5.97 Å². The molecule has 0 fully saturated rings. The van der Waals surface area contributed by atoms with Crippen LogP contribution in [-0.2, 0) is 27.8 Å². The first-order valence-corrected chi connectivity index (χ1v) is 11.3. The number of hydrogen-bond donors (Lipinski definition) is 1. The number of furan rings is 1. The lowest BCUT2D eigenvalue weighted by Crippen LogP contribution is -2.23. The quantitative estimate of drug-likeness (QED) is 0.285. The molecule has 0 aliphatic heterocycles. The maximum atomic E-state index is 12.5. The van der Waals surface area contributed by atoms with Crippen LogP contribution in [0, 0.1) is 13.8 Å². The number of hydrogen-bond acceptors (Lipinski definition) is 6. The molecule has 32 heavy (non-hydrogen) atoms. The van der Waals surface area contributed by atoms with Gasteiger partial charge in [0.15, 0.2) is 6.61 Å². The maximum absolute atomic E-state index is 12.5. The van der Waals surface area contributed by atoms with Crippen molar-refractivity contribution in [3.05, 3.63) is 89.7 Å². The Hall–Kier alpha value is -3.43. The molecule has 0 unspecified atom stereocenters. The largest absolute Gasteiger partial charge is 0.468 e. The number of rotatable bonds is 10.